The summed E-state index contributed by atoms with van der Waals surface area (Å²) < 4.78 is 22.0. The second kappa shape index (κ2) is 31.8. The van der Waals surface area contributed by atoms with Crippen molar-refractivity contribution in [2.24, 2.45) is 0 Å². The molecule has 0 bridgehead atoms. The van der Waals surface area contributed by atoms with Crippen molar-refractivity contribution < 1.29 is 49.0 Å². The number of carbonyl (C=O) groups is 2. The van der Waals surface area contributed by atoms with E-state index in [1.165, 1.54) is 0 Å². The Labute approximate surface area is 306 Å². The molecule has 0 aliphatic carbocycles. The first-order valence-corrected chi connectivity index (χ1v) is 18.9. The predicted octanol–water partition coefficient (Wildman–Crippen LogP) is 6.88. The third-order valence-corrected chi connectivity index (χ3v) is 8.34. The summed E-state index contributed by atoms with van der Waals surface area (Å²) in [5, 5.41) is 39.9. The molecule has 1 heterocycles. The number of rotatable bonds is 31. The summed E-state index contributed by atoms with van der Waals surface area (Å²) >= 11 is 0. The number of allylic oxidation sites excluding steroid dienone is 10. The Balaban J connectivity index is 2.42. The highest BCUT2D eigenvalue weighted by Crippen LogP contribution is 2.22. The smallest absolute Gasteiger partial charge is 0.306 e. The molecule has 1 aliphatic heterocycles. The van der Waals surface area contributed by atoms with E-state index in [9.17, 15) is 30.0 Å². The minimum Gasteiger partial charge on any atom is -0.462 e. The van der Waals surface area contributed by atoms with E-state index in [0.29, 0.717) is 12.8 Å². The van der Waals surface area contributed by atoms with Gasteiger partial charge < -0.3 is 39.4 Å². The van der Waals surface area contributed by atoms with E-state index in [-0.39, 0.29) is 26.1 Å². The van der Waals surface area contributed by atoms with Gasteiger partial charge in [0.25, 0.3) is 0 Å². The van der Waals surface area contributed by atoms with Crippen LogP contribution in [0.25, 0.3) is 0 Å². The predicted molar refractivity (Wildman–Crippen MR) is 201 cm³/mol. The molecule has 0 radical (unpaired) electrons. The molecular weight excluding hydrogens is 652 g/mol. The fourth-order valence-electron chi connectivity index (χ4n) is 5.31. The zero-order valence-corrected chi connectivity index (χ0v) is 30.7. The maximum atomic E-state index is 12.7. The van der Waals surface area contributed by atoms with Crippen molar-refractivity contribution in [2.45, 2.75) is 152 Å². The Hall–Kier alpha value is -2.86. The molecule has 1 saturated heterocycles. The Morgan fingerprint density at radius 1 is 0.608 bits per heavy atom. The van der Waals surface area contributed by atoms with Crippen LogP contribution in [0.4, 0.5) is 0 Å². The average molecular weight is 719 g/mol. The SMILES string of the molecule is C=CC/C=C\C/C=C\CCCCCCCC(=O)O[C@H](COC(=O)CCCCCCC/C=C/C/C=C/CC=C)CO[C@@H]1O[C@H](CO)[C@H](O)[C@H](O)[C@H]1O. The van der Waals surface area contributed by atoms with Crippen LogP contribution >= 0.6 is 0 Å². The van der Waals surface area contributed by atoms with Crippen molar-refractivity contribution in [3.8, 4) is 0 Å². The van der Waals surface area contributed by atoms with Gasteiger partial charge in [-0.25, -0.2) is 0 Å². The fourth-order valence-corrected chi connectivity index (χ4v) is 5.31. The van der Waals surface area contributed by atoms with Gasteiger partial charge in [-0.2, -0.15) is 0 Å². The van der Waals surface area contributed by atoms with Gasteiger partial charge >= 0.3 is 11.9 Å². The Bertz CT molecular complexity index is 1030. The van der Waals surface area contributed by atoms with E-state index >= 15 is 0 Å². The minimum absolute atomic E-state index is 0.198. The van der Waals surface area contributed by atoms with Crippen LogP contribution in [-0.4, -0.2) is 89.0 Å². The van der Waals surface area contributed by atoms with E-state index in [1.54, 1.807) is 0 Å². The molecule has 0 saturated carbocycles. The van der Waals surface area contributed by atoms with Gasteiger partial charge in [-0.05, 0) is 64.2 Å². The number of unbranched alkanes of at least 4 members (excludes halogenated alkanes) is 10. The Kier molecular flexibility index (Phi) is 28.8. The number of ether oxygens (including phenoxy) is 4. The first kappa shape index (κ1) is 46.2. The van der Waals surface area contributed by atoms with Crippen molar-refractivity contribution in [1.82, 2.24) is 0 Å². The van der Waals surface area contributed by atoms with Crippen LogP contribution in [-0.2, 0) is 28.5 Å². The lowest BCUT2D eigenvalue weighted by atomic mass is 9.99. The maximum absolute atomic E-state index is 12.7. The lowest BCUT2D eigenvalue weighted by Crippen LogP contribution is -2.59. The van der Waals surface area contributed by atoms with Gasteiger partial charge in [0.1, 0.15) is 31.0 Å². The Morgan fingerprint density at radius 3 is 1.65 bits per heavy atom. The van der Waals surface area contributed by atoms with E-state index in [0.717, 1.165) is 89.9 Å². The number of esters is 2. The summed E-state index contributed by atoms with van der Waals surface area (Å²) in [6, 6.07) is 0. The van der Waals surface area contributed by atoms with Crippen molar-refractivity contribution in [1.29, 1.82) is 0 Å². The zero-order valence-electron chi connectivity index (χ0n) is 30.7. The molecule has 1 aliphatic rings. The van der Waals surface area contributed by atoms with Gasteiger partial charge in [0.05, 0.1) is 13.2 Å². The number of aliphatic hydroxyl groups is 4. The first-order chi connectivity index (χ1) is 24.8. The summed E-state index contributed by atoms with van der Waals surface area (Å²) in [6.45, 7) is 6.25. The summed E-state index contributed by atoms with van der Waals surface area (Å²) in [5.74, 6) is -0.866. The van der Waals surface area contributed by atoms with Crippen LogP contribution in [0.2, 0.25) is 0 Å². The van der Waals surface area contributed by atoms with Gasteiger partial charge in [-0.3, -0.25) is 9.59 Å². The second-order valence-electron chi connectivity index (χ2n) is 12.8. The molecule has 1 fully saturated rings. The number of hydrogen-bond acceptors (Lipinski definition) is 10. The molecule has 10 heteroatoms. The molecule has 0 aromatic rings. The molecule has 4 N–H and O–H groups in total. The summed E-state index contributed by atoms with van der Waals surface area (Å²) in [7, 11) is 0. The molecule has 6 atom stereocenters. The highest BCUT2D eigenvalue weighted by atomic mass is 16.7. The normalized spacial score (nSPS) is 21.5. The van der Waals surface area contributed by atoms with Crippen molar-refractivity contribution in [3.63, 3.8) is 0 Å². The van der Waals surface area contributed by atoms with Gasteiger partial charge in [0, 0.05) is 12.8 Å². The molecule has 51 heavy (non-hydrogen) atoms. The molecule has 1 rings (SSSR count). The largest absolute Gasteiger partial charge is 0.462 e. The van der Waals surface area contributed by atoms with E-state index in [1.807, 2.05) is 12.2 Å². The van der Waals surface area contributed by atoms with Crippen LogP contribution in [0, 0.1) is 0 Å². The Morgan fingerprint density at radius 2 is 1.10 bits per heavy atom. The molecule has 10 nitrogen and oxygen atoms in total. The molecular formula is C41H66O10. The van der Waals surface area contributed by atoms with Crippen LogP contribution in [0.5, 0.6) is 0 Å². The van der Waals surface area contributed by atoms with Crippen LogP contribution in [0.1, 0.15) is 116 Å². The summed E-state index contributed by atoms with van der Waals surface area (Å²) in [6.07, 6.45) is 28.4. The molecule has 0 amide bonds. The molecule has 0 aromatic heterocycles. The minimum atomic E-state index is -1.60. The average Bonchev–Trinajstić information content (AvgIpc) is 3.13. The van der Waals surface area contributed by atoms with E-state index in [2.05, 4.69) is 61.8 Å². The lowest BCUT2D eigenvalue weighted by Gasteiger charge is -2.39. The number of aliphatic hydroxyl groups excluding tert-OH is 4. The zero-order chi connectivity index (χ0) is 37.4. The lowest BCUT2D eigenvalue weighted by molar-refractivity contribution is -0.305. The molecule has 0 spiro atoms. The van der Waals surface area contributed by atoms with Crippen LogP contribution in [0.3, 0.4) is 0 Å². The quantitative estimate of drug-likeness (QED) is 0.0339. The third-order valence-electron chi connectivity index (χ3n) is 8.34. The molecule has 0 aromatic carbocycles. The summed E-state index contributed by atoms with van der Waals surface area (Å²) in [5.41, 5.74) is 0. The van der Waals surface area contributed by atoms with Crippen molar-refractivity contribution in [3.05, 3.63) is 73.9 Å². The van der Waals surface area contributed by atoms with Crippen LogP contribution in [0.15, 0.2) is 73.9 Å². The second-order valence-corrected chi connectivity index (χ2v) is 12.8. The van der Waals surface area contributed by atoms with Gasteiger partial charge in [0.15, 0.2) is 12.4 Å². The molecule has 290 valence electrons. The maximum Gasteiger partial charge on any atom is 0.306 e. The monoisotopic (exact) mass is 718 g/mol. The topological polar surface area (TPSA) is 152 Å². The number of carbonyl (C=O) groups excluding carboxylic acids is 2. The van der Waals surface area contributed by atoms with Gasteiger partial charge in [-0.15, -0.1) is 13.2 Å². The third kappa shape index (κ3) is 24.1. The van der Waals surface area contributed by atoms with Crippen molar-refractivity contribution >= 4 is 11.9 Å². The highest BCUT2D eigenvalue weighted by Gasteiger charge is 2.44. The first-order valence-electron chi connectivity index (χ1n) is 18.9. The highest BCUT2D eigenvalue weighted by molar-refractivity contribution is 5.70. The van der Waals surface area contributed by atoms with Gasteiger partial charge in [0.2, 0.25) is 0 Å². The molecule has 0 unspecified atom stereocenters. The standard InChI is InChI=1S/C41H66O10/c1-3-5-7-9-11-13-15-17-19-21-23-25-27-29-36(43)48-32-34(33-49-41-40(47)39(46)38(45)35(31-42)51-41)50-37(44)30-28-26-24-22-20-18-16-14-12-10-8-6-4-2/h3-4,7-10,13-16,34-35,38-42,45-47H,1-2,5-6,11-12,17-33H2/b9-7+,10-8-,15-13+,16-14-/t34-,35-,38+,39+,40-,41-/m1/s1. The van der Waals surface area contributed by atoms with Crippen molar-refractivity contribution in [2.75, 3.05) is 19.8 Å². The fraction of sp³-hybridized carbons (Fsp3) is 0.659. The number of hydrogen-bond donors (Lipinski definition) is 4. The van der Waals surface area contributed by atoms with E-state index < -0.39 is 55.4 Å². The summed E-state index contributed by atoms with van der Waals surface area (Å²) in [4.78, 5) is 25.2. The van der Waals surface area contributed by atoms with Gasteiger partial charge in [-0.1, -0.05) is 99.3 Å². The van der Waals surface area contributed by atoms with Crippen LogP contribution < -0.4 is 0 Å². The van der Waals surface area contributed by atoms with E-state index in [4.69, 9.17) is 18.9 Å².